The number of hydrogen-bond donors (Lipinski definition) is 1. The lowest BCUT2D eigenvalue weighted by Crippen LogP contribution is -2.46. The third-order valence-corrected chi connectivity index (χ3v) is 3.94. The van der Waals surface area contributed by atoms with Crippen LogP contribution in [0.15, 0.2) is 48.7 Å². The summed E-state index contributed by atoms with van der Waals surface area (Å²) in [5.41, 5.74) is 1.20. The van der Waals surface area contributed by atoms with Crippen LogP contribution in [-0.4, -0.2) is 46.1 Å². The number of amides is 1. The smallest absolute Gasteiger partial charge is 0.354 e. The Morgan fingerprint density at radius 2 is 1.96 bits per heavy atom. The van der Waals surface area contributed by atoms with Crippen LogP contribution >= 0.6 is 0 Å². The fraction of sp³-hybridized carbons (Fsp3) is 0.278. The SMILES string of the molecule is CC1CN(C(=O)c2ccnc(C(=O)O)c2)CC(c2ccccc2)O1. The van der Waals surface area contributed by atoms with Crippen LogP contribution in [-0.2, 0) is 4.74 Å². The number of benzene rings is 1. The zero-order valence-corrected chi connectivity index (χ0v) is 13.3. The van der Waals surface area contributed by atoms with Gasteiger partial charge in [0.2, 0.25) is 0 Å². The number of carboxylic acid groups (broad SMARTS) is 1. The van der Waals surface area contributed by atoms with E-state index in [1.807, 2.05) is 37.3 Å². The summed E-state index contributed by atoms with van der Waals surface area (Å²) in [5, 5.41) is 9.03. The molecule has 124 valence electrons. The van der Waals surface area contributed by atoms with Crippen molar-refractivity contribution in [1.82, 2.24) is 9.88 Å². The highest BCUT2D eigenvalue weighted by atomic mass is 16.5. The van der Waals surface area contributed by atoms with Gasteiger partial charge < -0.3 is 14.7 Å². The first-order valence-corrected chi connectivity index (χ1v) is 7.73. The topological polar surface area (TPSA) is 79.7 Å². The lowest BCUT2D eigenvalue weighted by molar-refractivity contribution is -0.0691. The quantitative estimate of drug-likeness (QED) is 0.937. The molecule has 0 saturated carbocycles. The van der Waals surface area contributed by atoms with Crippen molar-refractivity contribution in [3.8, 4) is 0 Å². The van der Waals surface area contributed by atoms with Crippen LogP contribution in [0.3, 0.4) is 0 Å². The van der Waals surface area contributed by atoms with E-state index in [4.69, 9.17) is 9.84 Å². The third-order valence-electron chi connectivity index (χ3n) is 3.94. The summed E-state index contributed by atoms with van der Waals surface area (Å²) in [4.78, 5) is 29.2. The molecule has 0 aliphatic carbocycles. The Kier molecular flexibility index (Phi) is 4.57. The first-order valence-electron chi connectivity index (χ1n) is 7.73. The van der Waals surface area contributed by atoms with E-state index >= 15 is 0 Å². The lowest BCUT2D eigenvalue weighted by Gasteiger charge is -2.37. The first-order chi connectivity index (χ1) is 11.5. The molecule has 1 aromatic heterocycles. The van der Waals surface area contributed by atoms with Gasteiger partial charge in [0.1, 0.15) is 11.8 Å². The Morgan fingerprint density at radius 1 is 1.21 bits per heavy atom. The summed E-state index contributed by atoms with van der Waals surface area (Å²) < 4.78 is 5.95. The van der Waals surface area contributed by atoms with Gasteiger partial charge in [-0.1, -0.05) is 30.3 Å². The minimum atomic E-state index is -1.15. The molecule has 0 radical (unpaired) electrons. The highest BCUT2D eigenvalue weighted by molar-refractivity contribution is 5.96. The second-order valence-corrected chi connectivity index (χ2v) is 5.79. The number of pyridine rings is 1. The van der Waals surface area contributed by atoms with Crippen LogP contribution in [0.2, 0.25) is 0 Å². The molecular weight excluding hydrogens is 308 g/mol. The number of rotatable bonds is 3. The molecule has 0 bridgehead atoms. The maximum atomic E-state index is 12.7. The highest BCUT2D eigenvalue weighted by Crippen LogP contribution is 2.26. The molecule has 1 fully saturated rings. The van der Waals surface area contributed by atoms with Crippen LogP contribution < -0.4 is 0 Å². The zero-order valence-electron chi connectivity index (χ0n) is 13.3. The standard InChI is InChI=1S/C18H18N2O4/c1-12-10-20(11-16(24-12)13-5-3-2-4-6-13)17(21)14-7-8-19-15(9-14)18(22)23/h2-9,12,16H,10-11H2,1H3,(H,22,23). The van der Waals surface area contributed by atoms with E-state index in [1.165, 1.54) is 18.3 Å². The summed E-state index contributed by atoms with van der Waals surface area (Å²) in [6.45, 7) is 2.81. The van der Waals surface area contributed by atoms with Crippen LogP contribution in [0.1, 0.15) is 39.4 Å². The van der Waals surface area contributed by atoms with Gasteiger partial charge in [-0.05, 0) is 24.6 Å². The van der Waals surface area contributed by atoms with E-state index in [-0.39, 0.29) is 23.8 Å². The average Bonchev–Trinajstić information content (AvgIpc) is 2.61. The molecule has 3 rings (SSSR count). The molecule has 2 heterocycles. The predicted molar refractivity (Wildman–Crippen MR) is 86.8 cm³/mol. The Hall–Kier alpha value is -2.73. The number of hydrogen-bond acceptors (Lipinski definition) is 4. The molecule has 1 aliphatic heterocycles. The highest BCUT2D eigenvalue weighted by Gasteiger charge is 2.30. The Balaban J connectivity index is 1.81. The van der Waals surface area contributed by atoms with Crippen molar-refractivity contribution in [3.63, 3.8) is 0 Å². The molecule has 1 saturated heterocycles. The van der Waals surface area contributed by atoms with Crippen molar-refractivity contribution in [3.05, 3.63) is 65.5 Å². The molecule has 6 nitrogen and oxygen atoms in total. The van der Waals surface area contributed by atoms with Gasteiger partial charge in [0.25, 0.3) is 5.91 Å². The van der Waals surface area contributed by atoms with E-state index < -0.39 is 5.97 Å². The monoisotopic (exact) mass is 326 g/mol. The van der Waals surface area contributed by atoms with Gasteiger partial charge in [0.15, 0.2) is 0 Å². The molecule has 2 unspecified atom stereocenters. The molecule has 0 spiro atoms. The van der Waals surface area contributed by atoms with E-state index in [1.54, 1.807) is 4.90 Å². The van der Waals surface area contributed by atoms with E-state index in [2.05, 4.69) is 4.98 Å². The molecular formula is C18H18N2O4. The van der Waals surface area contributed by atoms with E-state index in [9.17, 15) is 9.59 Å². The number of aromatic nitrogens is 1. The number of nitrogens with zero attached hydrogens (tertiary/aromatic N) is 2. The lowest BCUT2D eigenvalue weighted by atomic mass is 10.1. The number of carbonyl (C=O) groups excluding carboxylic acids is 1. The zero-order chi connectivity index (χ0) is 17.1. The van der Waals surface area contributed by atoms with Crippen molar-refractivity contribution in [2.24, 2.45) is 0 Å². The number of carboxylic acids is 1. The molecule has 24 heavy (non-hydrogen) atoms. The van der Waals surface area contributed by atoms with E-state index in [0.29, 0.717) is 18.7 Å². The molecule has 2 atom stereocenters. The molecule has 2 aromatic rings. The van der Waals surface area contributed by atoms with Gasteiger partial charge in [-0.25, -0.2) is 9.78 Å². The molecule has 1 aliphatic rings. The molecule has 1 aromatic carbocycles. The average molecular weight is 326 g/mol. The van der Waals surface area contributed by atoms with Crippen molar-refractivity contribution in [2.75, 3.05) is 13.1 Å². The summed E-state index contributed by atoms with van der Waals surface area (Å²) in [5.74, 6) is -1.36. The fourth-order valence-corrected chi connectivity index (χ4v) is 2.83. The first kappa shape index (κ1) is 16.1. The Morgan fingerprint density at radius 3 is 2.67 bits per heavy atom. The maximum Gasteiger partial charge on any atom is 0.354 e. The molecule has 1 N–H and O–H groups in total. The van der Waals surface area contributed by atoms with Crippen molar-refractivity contribution < 1.29 is 19.4 Å². The minimum absolute atomic E-state index is 0.103. The summed E-state index contributed by atoms with van der Waals surface area (Å²) in [7, 11) is 0. The normalized spacial score (nSPS) is 20.6. The van der Waals surface area contributed by atoms with Gasteiger partial charge in [-0.15, -0.1) is 0 Å². The molecule has 1 amide bonds. The Bertz CT molecular complexity index is 748. The minimum Gasteiger partial charge on any atom is -0.477 e. The predicted octanol–water partition coefficient (Wildman–Crippen LogP) is 2.38. The summed E-state index contributed by atoms with van der Waals surface area (Å²) in [6, 6.07) is 12.6. The van der Waals surface area contributed by atoms with Gasteiger partial charge in [-0.2, -0.15) is 0 Å². The van der Waals surface area contributed by atoms with Gasteiger partial charge in [0, 0.05) is 18.3 Å². The fourth-order valence-electron chi connectivity index (χ4n) is 2.83. The largest absolute Gasteiger partial charge is 0.477 e. The van der Waals surface area contributed by atoms with Crippen LogP contribution in [0.5, 0.6) is 0 Å². The number of aromatic carboxylic acids is 1. The Labute approximate surface area is 139 Å². The second-order valence-electron chi connectivity index (χ2n) is 5.79. The second kappa shape index (κ2) is 6.80. The van der Waals surface area contributed by atoms with Crippen LogP contribution in [0.25, 0.3) is 0 Å². The van der Waals surface area contributed by atoms with Gasteiger partial charge in [-0.3, -0.25) is 4.79 Å². The van der Waals surface area contributed by atoms with E-state index in [0.717, 1.165) is 5.56 Å². The van der Waals surface area contributed by atoms with Crippen LogP contribution in [0.4, 0.5) is 0 Å². The summed E-state index contributed by atoms with van der Waals surface area (Å²) in [6.07, 6.45) is 1.04. The van der Waals surface area contributed by atoms with Gasteiger partial charge in [0.05, 0.1) is 12.6 Å². The summed E-state index contributed by atoms with van der Waals surface area (Å²) >= 11 is 0. The van der Waals surface area contributed by atoms with Crippen molar-refractivity contribution >= 4 is 11.9 Å². The van der Waals surface area contributed by atoms with Crippen molar-refractivity contribution in [1.29, 1.82) is 0 Å². The number of morpholine rings is 1. The molecule has 6 heteroatoms. The number of ether oxygens (including phenoxy) is 1. The third kappa shape index (κ3) is 3.44. The number of carbonyl (C=O) groups is 2. The van der Waals surface area contributed by atoms with Gasteiger partial charge >= 0.3 is 5.97 Å². The van der Waals surface area contributed by atoms with Crippen molar-refractivity contribution in [2.45, 2.75) is 19.1 Å². The maximum absolute atomic E-state index is 12.7. The van der Waals surface area contributed by atoms with Crippen LogP contribution in [0, 0.1) is 0 Å².